The standard InChI is InChI=1S/C11H12N2O3/c1-2-3-4-15-11(14)8-5-9-10(12-6-8)13-7-16-9/h5-7H,2-4H2,1H3. The third-order valence-corrected chi connectivity index (χ3v) is 2.15. The van der Waals surface area contributed by atoms with Gasteiger partial charge in [0.05, 0.1) is 12.2 Å². The molecule has 0 atom stereocenters. The van der Waals surface area contributed by atoms with Crippen molar-refractivity contribution in [2.45, 2.75) is 19.8 Å². The molecule has 0 saturated heterocycles. The largest absolute Gasteiger partial charge is 0.462 e. The van der Waals surface area contributed by atoms with Gasteiger partial charge in [0.25, 0.3) is 0 Å². The summed E-state index contributed by atoms with van der Waals surface area (Å²) >= 11 is 0. The average molecular weight is 220 g/mol. The Morgan fingerprint density at radius 1 is 1.50 bits per heavy atom. The zero-order valence-electron chi connectivity index (χ0n) is 8.97. The van der Waals surface area contributed by atoms with E-state index in [0.717, 1.165) is 12.8 Å². The number of oxazole rings is 1. The van der Waals surface area contributed by atoms with E-state index in [1.54, 1.807) is 6.07 Å². The maximum absolute atomic E-state index is 11.6. The van der Waals surface area contributed by atoms with Crippen LogP contribution in [0.1, 0.15) is 30.1 Å². The Morgan fingerprint density at radius 2 is 2.38 bits per heavy atom. The molecule has 0 N–H and O–H groups in total. The lowest BCUT2D eigenvalue weighted by Crippen LogP contribution is -2.06. The first kappa shape index (κ1) is 10.6. The molecule has 0 aliphatic heterocycles. The van der Waals surface area contributed by atoms with Crippen LogP contribution in [0.4, 0.5) is 0 Å². The van der Waals surface area contributed by atoms with Gasteiger partial charge in [-0.05, 0) is 6.42 Å². The molecule has 0 amide bonds. The summed E-state index contributed by atoms with van der Waals surface area (Å²) in [6, 6.07) is 1.59. The van der Waals surface area contributed by atoms with Crippen LogP contribution < -0.4 is 0 Å². The maximum atomic E-state index is 11.6. The number of hydrogen-bond donors (Lipinski definition) is 0. The third-order valence-electron chi connectivity index (χ3n) is 2.15. The summed E-state index contributed by atoms with van der Waals surface area (Å²) in [6.07, 6.45) is 4.60. The van der Waals surface area contributed by atoms with Crippen molar-refractivity contribution in [3.8, 4) is 0 Å². The minimum absolute atomic E-state index is 0.376. The van der Waals surface area contributed by atoms with Crippen molar-refractivity contribution in [3.05, 3.63) is 24.2 Å². The number of carbonyl (C=O) groups is 1. The second kappa shape index (κ2) is 4.74. The number of nitrogens with zero attached hydrogens (tertiary/aromatic N) is 2. The van der Waals surface area contributed by atoms with Crippen LogP contribution in [0.3, 0.4) is 0 Å². The monoisotopic (exact) mass is 220 g/mol. The van der Waals surface area contributed by atoms with E-state index >= 15 is 0 Å². The first-order valence-electron chi connectivity index (χ1n) is 5.17. The summed E-state index contributed by atoms with van der Waals surface area (Å²) in [4.78, 5) is 19.4. The highest BCUT2D eigenvalue weighted by Gasteiger charge is 2.10. The number of esters is 1. The molecular weight excluding hydrogens is 208 g/mol. The predicted molar refractivity (Wildman–Crippen MR) is 57.0 cm³/mol. The Balaban J connectivity index is 2.10. The summed E-state index contributed by atoms with van der Waals surface area (Å²) in [5, 5.41) is 0. The number of rotatable bonds is 4. The summed E-state index contributed by atoms with van der Waals surface area (Å²) in [5.74, 6) is -0.376. The van der Waals surface area contributed by atoms with Crippen LogP contribution in [0.5, 0.6) is 0 Å². The number of pyridine rings is 1. The van der Waals surface area contributed by atoms with Gasteiger partial charge in [0, 0.05) is 12.3 Å². The van der Waals surface area contributed by atoms with Gasteiger partial charge in [0.1, 0.15) is 0 Å². The normalized spacial score (nSPS) is 10.6. The average Bonchev–Trinajstić information content (AvgIpc) is 2.76. The number of aromatic nitrogens is 2. The van der Waals surface area contributed by atoms with Gasteiger partial charge in [0.15, 0.2) is 17.6 Å². The van der Waals surface area contributed by atoms with Gasteiger partial charge in [-0.2, -0.15) is 4.98 Å². The van der Waals surface area contributed by atoms with Crippen molar-refractivity contribution in [3.63, 3.8) is 0 Å². The third kappa shape index (κ3) is 2.18. The summed E-state index contributed by atoms with van der Waals surface area (Å²) in [7, 11) is 0. The molecule has 0 unspecified atom stereocenters. The van der Waals surface area contributed by atoms with Gasteiger partial charge < -0.3 is 9.15 Å². The molecular formula is C11H12N2O3. The summed E-state index contributed by atoms with van der Waals surface area (Å²) in [6.45, 7) is 2.47. The Labute approximate surface area is 92.4 Å². The number of fused-ring (bicyclic) bond motifs is 1. The minimum Gasteiger partial charge on any atom is -0.462 e. The van der Waals surface area contributed by atoms with E-state index in [-0.39, 0.29) is 5.97 Å². The van der Waals surface area contributed by atoms with Crippen molar-refractivity contribution >= 4 is 17.2 Å². The molecule has 0 aliphatic rings. The van der Waals surface area contributed by atoms with Crippen molar-refractivity contribution in [2.75, 3.05) is 6.61 Å². The fraction of sp³-hybridized carbons (Fsp3) is 0.364. The van der Waals surface area contributed by atoms with Gasteiger partial charge in [-0.1, -0.05) is 13.3 Å². The minimum atomic E-state index is -0.376. The fourth-order valence-electron chi connectivity index (χ4n) is 1.26. The lowest BCUT2D eigenvalue weighted by molar-refractivity contribution is 0.0499. The van der Waals surface area contributed by atoms with Crippen LogP contribution in [0.25, 0.3) is 11.2 Å². The molecule has 5 heteroatoms. The smallest absolute Gasteiger partial charge is 0.339 e. The van der Waals surface area contributed by atoms with Gasteiger partial charge in [-0.3, -0.25) is 0 Å². The molecule has 16 heavy (non-hydrogen) atoms. The molecule has 0 aliphatic carbocycles. The predicted octanol–water partition coefficient (Wildman–Crippen LogP) is 2.18. The Morgan fingerprint density at radius 3 is 3.19 bits per heavy atom. The molecule has 0 saturated carbocycles. The number of ether oxygens (including phenoxy) is 1. The quantitative estimate of drug-likeness (QED) is 0.583. The zero-order valence-corrected chi connectivity index (χ0v) is 8.97. The lowest BCUT2D eigenvalue weighted by Gasteiger charge is -2.02. The van der Waals surface area contributed by atoms with E-state index in [2.05, 4.69) is 9.97 Å². The van der Waals surface area contributed by atoms with E-state index in [1.807, 2.05) is 6.92 Å². The number of carbonyl (C=O) groups excluding carboxylic acids is 1. The first-order chi connectivity index (χ1) is 7.81. The van der Waals surface area contributed by atoms with Crippen LogP contribution in [0.15, 0.2) is 23.1 Å². The molecule has 0 fully saturated rings. The number of unbranched alkanes of at least 4 members (excludes halogenated alkanes) is 1. The number of hydrogen-bond acceptors (Lipinski definition) is 5. The second-order valence-corrected chi connectivity index (χ2v) is 3.39. The molecule has 2 aromatic heterocycles. The molecule has 2 rings (SSSR count). The molecule has 0 aromatic carbocycles. The highest BCUT2D eigenvalue weighted by molar-refractivity contribution is 5.91. The molecule has 84 valence electrons. The van der Waals surface area contributed by atoms with Crippen molar-refractivity contribution in [2.24, 2.45) is 0 Å². The highest BCUT2D eigenvalue weighted by Crippen LogP contribution is 2.12. The van der Waals surface area contributed by atoms with Crippen LogP contribution >= 0.6 is 0 Å². The molecule has 2 aromatic rings. The van der Waals surface area contributed by atoms with Crippen LogP contribution in [0.2, 0.25) is 0 Å². The van der Waals surface area contributed by atoms with E-state index in [4.69, 9.17) is 9.15 Å². The molecule has 0 bridgehead atoms. The van der Waals surface area contributed by atoms with Gasteiger partial charge in [0.2, 0.25) is 0 Å². The van der Waals surface area contributed by atoms with E-state index in [9.17, 15) is 4.79 Å². The molecule has 0 radical (unpaired) electrons. The summed E-state index contributed by atoms with van der Waals surface area (Å²) in [5.41, 5.74) is 1.37. The van der Waals surface area contributed by atoms with E-state index in [0.29, 0.717) is 23.4 Å². The van der Waals surface area contributed by atoms with Gasteiger partial charge in [-0.15, -0.1) is 0 Å². The van der Waals surface area contributed by atoms with E-state index in [1.165, 1.54) is 12.6 Å². The molecule has 0 spiro atoms. The maximum Gasteiger partial charge on any atom is 0.339 e. The van der Waals surface area contributed by atoms with Crippen molar-refractivity contribution < 1.29 is 13.9 Å². The topological polar surface area (TPSA) is 65.2 Å². The van der Waals surface area contributed by atoms with Gasteiger partial charge >= 0.3 is 5.97 Å². The fourth-order valence-corrected chi connectivity index (χ4v) is 1.26. The van der Waals surface area contributed by atoms with Crippen molar-refractivity contribution in [1.29, 1.82) is 0 Å². The first-order valence-corrected chi connectivity index (χ1v) is 5.17. The molecule has 2 heterocycles. The van der Waals surface area contributed by atoms with Crippen LogP contribution in [-0.2, 0) is 4.74 Å². The zero-order chi connectivity index (χ0) is 11.4. The Kier molecular flexibility index (Phi) is 3.14. The van der Waals surface area contributed by atoms with Crippen molar-refractivity contribution in [1.82, 2.24) is 9.97 Å². The second-order valence-electron chi connectivity index (χ2n) is 3.39. The summed E-state index contributed by atoms with van der Waals surface area (Å²) < 4.78 is 10.1. The van der Waals surface area contributed by atoms with E-state index < -0.39 is 0 Å². The Hall–Kier alpha value is -1.91. The molecule has 5 nitrogen and oxygen atoms in total. The lowest BCUT2D eigenvalue weighted by atomic mass is 10.3. The van der Waals surface area contributed by atoms with Gasteiger partial charge in [-0.25, -0.2) is 9.78 Å². The Bertz CT molecular complexity index is 493. The van der Waals surface area contributed by atoms with Crippen LogP contribution in [-0.4, -0.2) is 22.5 Å². The SMILES string of the molecule is CCCCOC(=O)c1cnc2ncoc2c1. The van der Waals surface area contributed by atoms with Crippen LogP contribution in [0, 0.1) is 0 Å². The highest BCUT2D eigenvalue weighted by atomic mass is 16.5.